The van der Waals surface area contributed by atoms with Gasteiger partial charge in [0.15, 0.2) is 11.5 Å². The molecule has 2 aliphatic heterocycles. The van der Waals surface area contributed by atoms with E-state index >= 15 is 0 Å². The molecule has 0 atom stereocenters. The summed E-state index contributed by atoms with van der Waals surface area (Å²) in [5.41, 5.74) is 0.942. The molecule has 1 N–H and O–H groups in total. The molecule has 2 aromatic rings. The van der Waals surface area contributed by atoms with E-state index in [1.54, 1.807) is 12.1 Å². The van der Waals surface area contributed by atoms with Crippen molar-refractivity contribution < 1.29 is 19.0 Å². The highest BCUT2D eigenvalue weighted by Gasteiger charge is 2.36. The van der Waals surface area contributed by atoms with Crippen molar-refractivity contribution in [3.8, 4) is 11.5 Å². The summed E-state index contributed by atoms with van der Waals surface area (Å²) in [4.78, 5) is 16.7. The number of pyridine rings is 1. The number of fused-ring (bicyclic) bond motifs is 1. The third kappa shape index (κ3) is 3.70. The fourth-order valence-corrected chi connectivity index (χ4v) is 3.81. The van der Waals surface area contributed by atoms with Crippen molar-refractivity contribution in [3.63, 3.8) is 0 Å². The van der Waals surface area contributed by atoms with Gasteiger partial charge in [-0.1, -0.05) is 29.3 Å². The maximum Gasteiger partial charge on any atom is 0.271 e. The third-order valence-electron chi connectivity index (χ3n) is 5.05. The van der Waals surface area contributed by atoms with Crippen LogP contribution in [0.15, 0.2) is 30.3 Å². The Morgan fingerprint density at radius 2 is 1.89 bits per heavy atom. The number of nitrogens with one attached hydrogen (secondary N) is 1. The van der Waals surface area contributed by atoms with E-state index in [1.165, 1.54) is 0 Å². The molecule has 0 spiro atoms. The van der Waals surface area contributed by atoms with Crippen LogP contribution in [0.2, 0.25) is 10.2 Å². The van der Waals surface area contributed by atoms with Crippen LogP contribution in [-0.4, -0.2) is 37.4 Å². The number of benzene rings is 1. The second-order valence-corrected chi connectivity index (χ2v) is 7.40. The van der Waals surface area contributed by atoms with Crippen LogP contribution in [0.3, 0.4) is 0 Å². The summed E-state index contributed by atoms with van der Waals surface area (Å²) in [5, 5.41) is 3.46. The highest BCUT2D eigenvalue weighted by Crippen LogP contribution is 2.40. The van der Waals surface area contributed by atoms with Crippen molar-refractivity contribution in [1.82, 2.24) is 10.3 Å². The van der Waals surface area contributed by atoms with Gasteiger partial charge in [0.1, 0.15) is 10.8 Å². The summed E-state index contributed by atoms with van der Waals surface area (Å²) in [6, 6.07) is 9.03. The second kappa shape index (κ2) is 7.54. The van der Waals surface area contributed by atoms with Gasteiger partial charge in [0.2, 0.25) is 6.79 Å². The molecule has 1 aromatic heterocycles. The Morgan fingerprint density at radius 3 is 2.70 bits per heavy atom. The monoisotopic (exact) mass is 408 g/mol. The van der Waals surface area contributed by atoms with Crippen LogP contribution < -0.4 is 14.8 Å². The van der Waals surface area contributed by atoms with Crippen molar-refractivity contribution in [1.29, 1.82) is 0 Å². The standard InChI is InChI=1S/C19H18Cl2N2O4/c20-13-2-4-16(21)23-17(13)18(24)22-10-19(5-7-25-8-6-19)12-1-3-14-15(9-12)27-11-26-14/h1-4,9H,5-8,10-11H2,(H,22,24). The first-order valence-electron chi connectivity index (χ1n) is 8.66. The summed E-state index contributed by atoms with van der Waals surface area (Å²) in [7, 11) is 0. The minimum absolute atomic E-state index is 0.122. The van der Waals surface area contributed by atoms with Gasteiger partial charge in [-0.05, 0) is 42.7 Å². The van der Waals surface area contributed by atoms with Crippen molar-refractivity contribution >= 4 is 29.1 Å². The van der Waals surface area contributed by atoms with E-state index in [-0.39, 0.29) is 34.0 Å². The molecule has 27 heavy (non-hydrogen) atoms. The summed E-state index contributed by atoms with van der Waals surface area (Å²) < 4.78 is 16.5. The predicted octanol–water partition coefficient (Wildman–Crippen LogP) is 3.60. The SMILES string of the molecule is O=C(NCC1(c2ccc3c(c2)OCO3)CCOCC1)c1nc(Cl)ccc1Cl. The van der Waals surface area contributed by atoms with Gasteiger partial charge in [0.05, 0.1) is 5.02 Å². The maximum absolute atomic E-state index is 12.6. The van der Waals surface area contributed by atoms with Crippen LogP contribution in [0, 0.1) is 0 Å². The fraction of sp³-hybridized carbons (Fsp3) is 0.368. The largest absolute Gasteiger partial charge is 0.454 e. The molecule has 6 nitrogen and oxygen atoms in total. The third-order valence-corrected chi connectivity index (χ3v) is 5.56. The van der Waals surface area contributed by atoms with Crippen molar-refractivity contribution in [3.05, 3.63) is 51.8 Å². The van der Waals surface area contributed by atoms with Crippen LogP contribution >= 0.6 is 23.2 Å². The Bertz CT molecular complexity index is 869. The average Bonchev–Trinajstić information content (AvgIpc) is 3.16. The van der Waals surface area contributed by atoms with Gasteiger partial charge in [-0.2, -0.15) is 0 Å². The van der Waals surface area contributed by atoms with Gasteiger partial charge in [0, 0.05) is 25.2 Å². The number of amides is 1. The molecule has 2 aliphatic rings. The van der Waals surface area contributed by atoms with E-state index in [4.69, 9.17) is 37.4 Å². The molecule has 4 rings (SSSR count). The minimum Gasteiger partial charge on any atom is -0.454 e. The Labute approximate surface area is 166 Å². The molecule has 142 valence electrons. The highest BCUT2D eigenvalue weighted by molar-refractivity contribution is 6.34. The highest BCUT2D eigenvalue weighted by atomic mass is 35.5. The van der Waals surface area contributed by atoms with Gasteiger partial charge >= 0.3 is 0 Å². The number of carbonyl (C=O) groups excluding carboxylic acids is 1. The van der Waals surface area contributed by atoms with Crippen LogP contribution in [0.4, 0.5) is 0 Å². The van der Waals surface area contributed by atoms with Crippen molar-refractivity contribution in [2.45, 2.75) is 18.3 Å². The topological polar surface area (TPSA) is 69.7 Å². The average molecular weight is 409 g/mol. The van der Waals surface area contributed by atoms with E-state index < -0.39 is 0 Å². The molecule has 1 fully saturated rings. The number of ether oxygens (including phenoxy) is 3. The first kappa shape index (κ1) is 18.3. The first-order chi connectivity index (χ1) is 13.1. The lowest BCUT2D eigenvalue weighted by atomic mass is 9.74. The number of halogens is 2. The van der Waals surface area contributed by atoms with Crippen LogP contribution in [0.25, 0.3) is 0 Å². The lowest BCUT2D eigenvalue weighted by Gasteiger charge is -2.38. The Morgan fingerprint density at radius 1 is 1.11 bits per heavy atom. The van der Waals surface area contributed by atoms with Gasteiger partial charge < -0.3 is 19.5 Å². The summed E-state index contributed by atoms with van der Waals surface area (Å²) in [6.07, 6.45) is 1.56. The zero-order chi connectivity index (χ0) is 18.9. The summed E-state index contributed by atoms with van der Waals surface area (Å²) in [6.45, 7) is 1.91. The number of rotatable bonds is 4. The molecule has 0 radical (unpaired) electrons. The normalized spacial score (nSPS) is 17.6. The number of nitrogens with zero attached hydrogens (tertiary/aromatic N) is 1. The second-order valence-electron chi connectivity index (χ2n) is 6.61. The van der Waals surface area contributed by atoms with E-state index in [0.29, 0.717) is 19.8 Å². The van der Waals surface area contributed by atoms with Crippen LogP contribution in [0.1, 0.15) is 28.9 Å². The van der Waals surface area contributed by atoms with Gasteiger partial charge in [-0.3, -0.25) is 4.79 Å². The Kier molecular flexibility index (Phi) is 5.12. The van der Waals surface area contributed by atoms with Gasteiger partial charge in [-0.15, -0.1) is 0 Å². The number of carbonyl (C=O) groups is 1. The maximum atomic E-state index is 12.6. The molecular weight excluding hydrogens is 391 g/mol. The summed E-state index contributed by atoms with van der Waals surface area (Å²) in [5.74, 6) is 1.11. The molecular formula is C19H18Cl2N2O4. The van der Waals surface area contributed by atoms with E-state index in [0.717, 1.165) is 29.9 Å². The van der Waals surface area contributed by atoms with Crippen molar-refractivity contribution in [2.75, 3.05) is 26.6 Å². The van der Waals surface area contributed by atoms with Crippen LogP contribution in [0.5, 0.6) is 11.5 Å². The molecule has 1 amide bonds. The number of hydrogen-bond acceptors (Lipinski definition) is 5. The van der Waals surface area contributed by atoms with Crippen LogP contribution in [-0.2, 0) is 10.2 Å². The van der Waals surface area contributed by atoms with Gasteiger partial charge in [0.25, 0.3) is 5.91 Å². The molecule has 3 heterocycles. The smallest absolute Gasteiger partial charge is 0.271 e. The molecule has 0 saturated carbocycles. The van der Waals surface area contributed by atoms with Gasteiger partial charge in [-0.25, -0.2) is 4.98 Å². The summed E-state index contributed by atoms with van der Waals surface area (Å²) >= 11 is 12.0. The zero-order valence-corrected chi connectivity index (χ0v) is 16.0. The molecule has 0 unspecified atom stereocenters. The molecule has 1 aromatic carbocycles. The number of hydrogen-bond donors (Lipinski definition) is 1. The Balaban J connectivity index is 1.57. The Hall–Kier alpha value is -2.02. The predicted molar refractivity (Wildman–Crippen MR) is 101 cm³/mol. The molecule has 1 saturated heterocycles. The van der Waals surface area contributed by atoms with E-state index in [1.807, 2.05) is 18.2 Å². The first-order valence-corrected chi connectivity index (χ1v) is 9.41. The molecule has 0 aliphatic carbocycles. The lowest BCUT2D eigenvalue weighted by Crippen LogP contribution is -2.44. The zero-order valence-electron chi connectivity index (χ0n) is 14.5. The quantitative estimate of drug-likeness (QED) is 0.782. The minimum atomic E-state index is -0.353. The molecule has 8 heteroatoms. The molecule has 0 bridgehead atoms. The fourth-order valence-electron chi connectivity index (χ4n) is 3.47. The van der Waals surface area contributed by atoms with E-state index in [2.05, 4.69) is 10.3 Å². The van der Waals surface area contributed by atoms with E-state index in [9.17, 15) is 4.79 Å². The lowest BCUT2D eigenvalue weighted by molar-refractivity contribution is 0.0486. The van der Waals surface area contributed by atoms with Crippen molar-refractivity contribution in [2.24, 2.45) is 0 Å². The number of aromatic nitrogens is 1.